The Labute approximate surface area is 108 Å². The highest BCUT2D eigenvalue weighted by Gasteiger charge is 2.13. The molecule has 88 valence electrons. The van der Waals surface area contributed by atoms with Gasteiger partial charge in [-0.25, -0.2) is 0 Å². The van der Waals surface area contributed by atoms with Gasteiger partial charge in [0.15, 0.2) is 0 Å². The van der Waals surface area contributed by atoms with E-state index in [4.69, 9.17) is 0 Å². The van der Waals surface area contributed by atoms with E-state index < -0.39 is 0 Å². The van der Waals surface area contributed by atoms with E-state index in [-0.39, 0.29) is 0 Å². The molecule has 2 rings (SSSR count). The summed E-state index contributed by atoms with van der Waals surface area (Å²) in [7, 11) is 0. The summed E-state index contributed by atoms with van der Waals surface area (Å²) in [4.78, 5) is 0. The Morgan fingerprint density at radius 2 is 2.06 bits per heavy atom. The highest BCUT2D eigenvalue weighted by atomic mass is 79.9. The number of hydrogen-bond acceptors (Lipinski definition) is 0. The standard InChI is InChI=1S/C15H21Br/c1-2-4-12-5-3-6-13-9-10-15(16)11-14(13)8-7-12/h9-12H,2-8H2,1H3. The molecule has 0 heterocycles. The van der Waals surface area contributed by atoms with Gasteiger partial charge in [-0.3, -0.25) is 0 Å². The number of aryl methyl sites for hydroxylation is 2. The fourth-order valence-corrected chi connectivity index (χ4v) is 3.26. The van der Waals surface area contributed by atoms with Crippen LogP contribution in [0.2, 0.25) is 0 Å². The Morgan fingerprint density at radius 3 is 2.88 bits per heavy atom. The minimum atomic E-state index is 0.970. The van der Waals surface area contributed by atoms with Crippen LogP contribution in [0.5, 0.6) is 0 Å². The lowest BCUT2D eigenvalue weighted by Crippen LogP contribution is -2.08. The monoisotopic (exact) mass is 280 g/mol. The van der Waals surface area contributed by atoms with Crippen molar-refractivity contribution in [1.29, 1.82) is 0 Å². The van der Waals surface area contributed by atoms with E-state index >= 15 is 0 Å². The van der Waals surface area contributed by atoms with Gasteiger partial charge < -0.3 is 0 Å². The molecule has 0 nitrogen and oxygen atoms in total. The maximum Gasteiger partial charge on any atom is 0.0178 e. The highest BCUT2D eigenvalue weighted by Crippen LogP contribution is 2.28. The lowest BCUT2D eigenvalue weighted by molar-refractivity contribution is 0.396. The molecular weight excluding hydrogens is 260 g/mol. The van der Waals surface area contributed by atoms with Gasteiger partial charge in [0.1, 0.15) is 0 Å². The smallest absolute Gasteiger partial charge is 0.0178 e. The molecule has 0 saturated carbocycles. The van der Waals surface area contributed by atoms with Crippen molar-refractivity contribution in [1.82, 2.24) is 0 Å². The van der Waals surface area contributed by atoms with E-state index in [1.807, 2.05) is 0 Å². The second-order valence-electron chi connectivity index (χ2n) is 5.00. The zero-order valence-electron chi connectivity index (χ0n) is 10.1. The normalized spacial score (nSPS) is 21.0. The Morgan fingerprint density at radius 1 is 1.19 bits per heavy atom. The molecule has 1 atom stereocenters. The Bertz CT molecular complexity index is 343. The third-order valence-corrected chi connectivity index (χ3v) is 4.24. The van der Waals surface area contributed by atoms with Crippen LogP contribution in [0.25, 0.3) is 0 Å². The summed E-state index contributed by atoms with van der Waals surface area (Å²) in [6.45, 7) is 2.31. The molecule has 1 aliphatic rings. The van der Waals surface area contributed by atoms with Gasteiger partial charge in [0, 0.05) is 4.47 Å². The van der Waals surface area contributed by atoms with Crippen molar-refractivity contribution in [3.63, 3.8) is 0 Å². The molecule has 0 amide bonds. The van der Waals surface area contributed by atoms with E-state index in [0.717, 1.165) is 5.92 Å². The van der Waals surface area contributed by atoms with Crippen LogP contribution in [-0.4, -0.2) is 0 Å². The summed E-state index contributed by atoms with van der Waals surface area (Å²) < 4.78 is 1.24. The molecule has 0 aromatic heterocycles. The first-order chi connectivity index (χ1) is 7.79. The molecule has 0 radical (unpaired) electrons. The molecule has 0 fully saturated rings. The second-order valence-corrected chi connectivity index (χ2v) is 5.91. The van der Waals surface area contributed by atoms with Crippen molar-refractivity contribution in [2.24, 2.45) is 5.92 Å². The summed E-state index contributed by atoms with van der Waals surface area (Å²) in [6.07, 6.45) is 9.52. The van der Waals surface area contributed by atoms with E-state index in [2.05, 4.69) is 41.1 Å². The predicted octanol–water partition coefficient (Wildman–Crippen LogP) is 5.13. The van der Waals surface area contributed by atoms with Crippen LogP contribution in [0.15, 0.2) is 22.7 Å². The summed E-state index contributed by atoms with van der Waals surface area (Å²) in [5, 5.41) is 0. The summed E-state index contributed by atoms with van der Waals surface area (Å²) in [5.41, 5.74) is 3.16. The van der Waals surface area contributed by atoms with Crippen molar-refractivity contribution in [3.05, 3.63) is 33.8 Å². The fraction of sp³-hybridized carbons (Fsp3) is 0.600. The van der Waals surface area contributed by atoms with Gasteiger partial charge >= 0.3 is 0 Å². The summed E-state index contributed by atoms with van der Waals surface area (Å²) >= 11 is 3.58. The molecule has 1 aromatic rings. The van der Waals surface area contributed by atoms with Crippen LogP contribution in [0.1, 0.15) is 50.2 Å². The third kappa shape index (κ3) is 3.10. The molecular formula is C15H21Br. The van der Waals surface area contributed by atoms with E-state index in [0.29, 0.717) is 0 Å². The minimum absolute atomic E-state index is 0.970. The zero-order valence-corrected chi connectivity index (χ0v) is 11.7. The summed E-state index contributed by atoms with van der Waals surface area (Å²) in [5.74, 6) is 0.970. The van der Waals surface area contributed by atoms with Crippen LogP contribution in [-0.2, 0) is 12.8 Å². The van der Waals surface area contributed by atoms with Crippen molar-refractivity contribution < 1.29 is 0 Å². The van der Waals surface area contributed by atoms with Crippen molar-refractivity contribution in [2.45, 2.75) is 51.9 Å². The molecule has 1 heteroatoms. The number of rotatable bonds is 2. The lowest BCUT2D eigenvalue weighted by Gasteiger charge is -2.21. The molecule has 0 bridgehead atoms. The van der Waals surface area contributed by atoms with Crippen molar-refractivity contribution in [2.75, 3.05) is 0 Å². The second kappa shape index (κ2) is 5.86. The maximum absolute atomic E-state index is 3.58. The van der Waals surface area contributed by atoms with Crippen LogP contribution in [0.3, 0.4) is 0 Å². The number of fused-ring (bicyclic) bond motifs is 1. The Hall–Kier alpha value is -0.300. The Balaban J connectivity index is 2.10. The van der Waals surface area contributed by atoms with Gasteiger partial charge in [-0.15, -0.1) is 0 Å². The predicted molar refractivity (Wildman–Crippen MR) is 73.8 cm³/mol. The molecule has 0 saturated heterocycles. The first-order valence-corrected chi connectivity index (χ1v) is 7.36. The van der Waals surface area contributed by atoms with Crippen LogP contribution in [0, 0.1) is 5.92 Å². The Kier molecular flexibility index (Phi) is 4.45. The molecule has 1 unspecified atom stereocenters. The molecule has 0 aliphatic heterocycles. The maximum atomic E-state index is 3.58. The average molecular weight is 281 g/mol. The van der Waals surface area contributed by atoms with Gasteiger partial charge in [-0.1, -0.05) is 48.2 Å². The van der Waals surface area contributed by atoms with E-state index in [1.54, 1.807) is 11.1 Å². The molecule has 1 aromatic carbocycles. The first kappa shape index (κ1) is 12.2. The molecule has 0 N–H and O–H groups in total. The lowest BCUT2D eigenvalue weighted by atomic mass is 9.85. The van der Waals surface area contributed by atoms with Crippen LogP contribution < -0.4 is 0 Å². The largest absolute Gasteiger partial charge is 0.0654 e. The van der Waals surface area contributed by atoms with E-state index in [1.165, 1.54) is 49.4 Å². The van der Waals surface area contributed by atoms with Crippen LogP contribution >= 0.6 is 15.9 Å². The zero-order chi connectivity index (χ0) is 11.4. The van der Waals surface area contributed by atoms with E-state index in [9.17, 15) is 0 Å². The SMILES string of the molecule is CCCC1CCCc2ccc(Br)cc2CC1. The number of benzene rings is 1. The number of hydrogen-bond donors (Lipinski definition) is 0. The van der Waals surface area contributed by atoms with Gasteiger partial charge in [0.2, 0.25) is 0 Å². The third-order valence-electron chi connectivity index (χ3n) is 3.75. The fourth-order valence-electron chi connectivity index (χ4n) is 2.85. The molecule has 1 aliphatic carbocycles. The van der Waals surface area contributed by atoms with Gasteiger partial charge in [-0.2, -0.15) is 0 Å². The van der Waals surface area contributed by atoms with Crippen LogP contribution in [0.4, 0.5) is 0 Å². The van der Waals surface area contributed by atoms with Gasteiger partial charge in [-0.05, 0) is 54.9 Å². The first-order valence-electron chi connectivity index (χ1n) is 6.57. The van der Waals surface area contributed by atoms with Gasteiger partial charge in [0.25, 0.3) is 0 Å². The van der Waals surface area contributed by atoms with Gasteiger partial charge in [0.05, 0.1) is 0 Å². The molecule has 16 heavy (non-hydrogen) atoms. The number of halogens is 1. The average Bonchev–Trinajstić information content (AvgIpc) is 2.25. The van der Waals surface area contributed by atoms with Crippen molar-refractivity contribution in [3.8, 4) is 0 Å². The summed E-state index contributed by atoms with van der Waals surface area (Å²) in [6, 6.07) is 6.81. The highest BCUT2D eigenvalue weighted by molar-refractivity contribution is 9.10. The quantitative estimate of drug-likeness (QED) is 0.704. The molecule has 0 spiro atoms. The minimum Gasteiger partial charge on any atom is -0.0654 e. The topological polar surface area (TPSA) is 0 Å². The van der Waals surface area contributed by atoms with Crippen molar-refractivity contribution >= 4 is 15.9 Å².